The van der Waals surface area contributed by atoms with Crippen LogP contribution in [0.4, 0.5) is 23.1 Å². The van der Waals surface area contributed by atoms with Crippen molar-refractivity contribution in [2.75, 3.05) is 16.0 Å². The Morgan fingerprint density at radius 3 is 2.48 bits per heavy atom. The highest BCUT2D eigenvalue weighted by Gasteiger charge is 2.24. The molecule has 1 aliphatic carbocycles. The average Bonchev–Trinajstić information content (AvgIpc) is 3.40. The molecule has 1 heterocycles. The molecule has 0 saturated heterocycles. The van der Waals surface area contributed by atoms with Crippen LogP contribution in [0.5, 0.6) is 0 Å². The normalized spacial score (nSPS) is 13.2. The number of hydrogen-bond acceptors (Lipinski definition) is 6. The lowest BCUT2D eigenvalue weighted by atomic mass is 10.2. The third kappa shape index (κ3) is 4.43. The van der Waals surface area contributed by atoms with Crippen molar-refractivity contribution < 1.29 is 9.59 Å². The molecular formula is C17H20N6O2. The van der Waals surface area contributed by atoms with Gasteiger partial charge >= 0.3 is 0 Å². The molecule has 8 nitrogen and oxygen atoms in total. The zero-order valence-electron chi connectivity index (χ0n) is 13.9. The second-order valence-electron chi connectivity index (χ2n) is 5.84. The van der Waals surface area contributed by atoms with Crippen LogP contribution in [-0.4, -0.2) is 27.8 Å². The fourth-order valence-corrected chi connectivity index (χ4v) is 2.17. The van der Waals surface area contributed by atoms with Crippen molar-refractivity contribution in [3.05, 3.63) is 36.0 Å². The fourth-order valence-electron chi connectivity index (χ4n) is 2.17. The molecule has 1 fully saturated rings. The molecule has 1 aromatic carbocycles. The molecule has 25 heavy (non-hydrogen) atoms. The van der Waals surface area contributed by atoms with Gasteiger partial charge in [0.05, 0.1) is 5.56 Å². The van der Waals surface area contributed by atoms with E-state index in [2.05, 4.69) is 25.9 Å². The highest BCUT2D eigenvalue weighted by molar-refractivity contribution is 5.97. The average molecular weight is 340 g/mol. The number of primary amides is 1. The van der Waals surface area contributed by atoms with Gasteiger partial charge in [-0.15, -0.1) is 0 Å². The van der Waals surface area contributed by atoms with Crippen LogP contribution >= 0.6 is 0 Å². The molecule has 1 aliphatic rings. The second-order valence-corrected chi connectivity index (χ2v) is 5.84. The van der Waals surface area contributed by atoms with Crippen molar-refractivity contribution in [2.24, 2.45) is 5.73 Å². The van der Waals surface area contributed by atoms with Gasteiger partial charge in [0, 0.05) is 30.0 Å². The molecule has 8 heteroatoms. The van der Waals surface area contributed by atoms with E-state index in [-0.39, 0.29) is 11.5 Å². The maximum atomic E-state index is 11.5. The van der Waals surface area contributed by atoms with Crippen molar-refractivity contribution in [2.45, 2.75) is 32.2 Å². The summed E-state index contributed by atoms with van der Waals surface area (Å²) in [5.74, 6) is 0.199. The zero-order chi connectivity index (χ0) is 17.8. The lowest BCUT2D eigenvalue weighted by Gasteiger charge is -2.11. The summed E-state index contributed by atoms with van der Waals surface area (Å²) < 4.78 is 0. The largest absolute Gasteiger partial charge is 0.367 e. The molecule has 0 bridgehead atoms. The lowest BCUT2D eigenvalue weighted by molar-refractivity contribution is -0.115. The summed E-state index contributed by atoms with van der Waals surface area (Å²) >= 11 is 0. The number of hydrogen-bond donors (Lipinski definition) is 4. The van der Waals surface area contributed by atoms with Gasteiger partial charge in [-0.1, -0.05) is 6.92 Å². The Hall–Kier alpha value is -3.16. The quantitative estimate of drug-likeness (QED) is 0.613. The smallest absolute Gasteiger partial charge is 0.254 e. The molecule has 0 unspecified atom stereocenters. The van der Waals surface area contributed by atoms with E-state index in [1.165, 1.54) is 6.20 Å². The van der Waals surface area contributed by atoms with Gasteiger partial charge in [-0.3, -0.25) is 9.59 Å². The van der Waals surface area contributed by atoms with Crippen molar-refractivity contribution in [3.8, 4) is 0 Å². The summed E-state index contributed by atoms with van der Waals surface area (Å²) in [6, 6.07) is 7.53. The molecule has 130 valence electrons. The Kier molecular flexibility index (Phi) is 4.78. The van der Waals surface area contributed by atoms with Gasteiger partial charge in [0.2, 0.25) is 11.9 Å². The van der Waals surface area contributed by atoms with Gasteiger partial charge in [0.25, 0.3) is 5.91 Å². The highest BCUT2D eigenvalue weighted by atomic mass is 16.1. The Morgan fingerprint density at radius 2 is 1.88 bits per heavy atom. The van der Waals surface area contributed by atoms with Crippen LogP contribution in [-0.2, 0) is 4.79 Å². The topological polar surface area (TPSA) is 122 Å². The first-order valence-corrected chi connectivity index (χ1v) is 8.15. The van der Waals surface area contributed by atoms with E-state index in [1.54, 1.807) is 19.1 Å². The Labute approximate surface area is 145 Å². The number of benzene rings is 1. The maximum absolute atomic E-state index is 11.5. The van der Waals surface area contributed by atoms with Gasteiger partial charge in [-0.2, -0.15) is 4.98 Å². The van der Waals surface area contributed by atoms with E-state index in [0.29, 0.717) is 24.2 Å². The number of nitrogens with zero attached hydrogens (tertiary/aromatic N) is 2. The maximum Gasteiger partial charge on any atom is 0.254 e. The van der Waals surface area contributed by atoms with Crippen LogP contribution in [0.3, 0.4) is 0 Å². The van der Waals surface area contributed by atoms with Crippen LogP contribution in [0.1, 0.15) is 36.5 Å². The van der Waals surface area contributed by atoms with Crippen LogP contribution < -0.4 is 21.7 Å². The number of amides is 2. The number of carbonyl (C=O) groups is 2. The minimum Gasteiger partial charge on any atom is -0.367 e. The van der Waals surface area contributed by atoms with E-state index in [9.17, 15) is 9.59 Å². The van der Waals surface area contributed by atoms with E-state index >= 15 is 0 Å². The Bertz CT molecular complexity index is 786. The van der Waals surface area contributed by atoms with E-state index in [1.807, 2.05) is 12.1 Å². The van der Waals surface area contributed by atoms with Crippen LogP contribution in [0, 0.1) is 0 Å². The number of nitrogens with two attached hydrogens (primary N) is 1. The summed E-state index contributed by atoms with van der Waals surface area (Å²) in [6.07, 6.45) is 3.95. The molecule has 2 amide bonds. The monoisotopic (exact) mass is 340 g/mol. The number of rotatable bonds is 7. The SMILES string of the molecule is CCC(=O)Nc1ccc(Nc2ncc(C(N)=O)c(NC3CC3)n2)cc1. The molecule has 0 aliphatic heterocycles. The van der Waals surface area contributed by atoms with E-state index in [0.717, 1.165) is 24.2 Å². The zero-order valence-corrected chi connectivity index (χ0v) is 13.9. The van der Waals surface area contributed by atoms with Crippen molar-refractivity contribution >= 4 is 35.0 Å². The first kappa shape index (κ1) is 16.7. The first-order valence-electron chi connectivity index (χ1n) is 8.15. The fraction of sp³-hybridized carbons (Fsp3) is 0.294. The highest BCUT2D eigenvalue weighted by Crippen LogP contribution is 2.26. The number of anilines is 4. The molecule has 5 N–H and O–H groups in total. The summed E-state index contributed by atoms with van der Waals surface area (Å²) in [5.41, 5.74) is 7.12. The predicted molar refractivity (Wildman–Crippen MR) is 95.8 cm³/mol. The van der Waals surface area contributed by atoms with Gasteiger partial charge in [0.15, 0.2) is 0 Å². The minimum absolute atomic E-state index is 0.0399. The summed E-state index contributed by atoms with van der Waals surface area (Å²) in [7, 11) is 0. The molecule has 0 radical (unpaired) electrons. The summed E-state index contributed by atoms with van der Waals surface area (Å²) in [5, 5.41) is 9.04. The standard InChI is InChI=1S/C17H20N6O2/c1-2-14(24)20-10-3-7-12(8-4-10)22-17-19-9-13(15(18)25)16(23-17)21-11-5-6-11/h3-4,7-9,11H,2,5-6H2,1H3,(H2,18,25)(H,20,24)(H2,19,21,22,23). The first-order chi connectivity index (χ1) is 12.0. The molecule has 2 aromatic rings. The third-order valence-corrected chi connectivity index (χ3v) is 3.72. The Morgan fingerprint density at radius 1 is 1.20 bits per heavy atom. The lowest BCUT2D eigenvalue weighted by Crippen LogP contribution is -2.17. The predicted octanol–water partition coefficient (Wildman–Crippen LogP) is 2.24. The van der Waals surface area contributed by atoms with Crippen LogP contribution in [0.25, 0.3) is 0 Å². The Balaban J connectivity index is 1.73. The second kappa shape index (κ2) is 7.16. The third-order valence-electron chi connectivity index (χ3n) is 3.72. The number of carbonyl (C=O) groups excluding carboxylic acids is 2. The van der Waals surface area contributed by atoms with Crippen LogP contribution in [0.2, 0.25) is 0 Å². The van der Waals surface area contributed by atoms with Crippen molar-refractivity contribution in [1.82, 2.24) is 9.97 Å². The van der Waals surface area contributed by atoms with Gasteiger partial charge in [-0.25, -0.2) is 4.98 Å². The molecular weight excluding hydrogens is 320 g/mol. The van der Waals surface area contributed by atoms with Gasteiger partial charge in [-0.05, 0) is 37.1 Å². The molecule has 0 spiro atoms. The molecule has 0 atom stereocenters. The minimum atomic E-state index is -0.564. The van der Waals surface area contributed by atoms with E-state index < -0.39 is 5.91 Å². The van der Waals surface area contributed by atoms with Crippen LogP contribution in [0.15, 0.2) is 30.5 Å². The van der Waals surface area contributed by atoms with Gasteiger partial charge < -0.3 is 21.7 Å². The molecule has 1 aromatic heterocycles. The molecule has 1 saturated carbocycles. The van der Waals surface area contributed by atoms with E-state index in [4.69, 9.17) is 5.73 Å². The summed E-state index contributed by atoms with van der Waals surface area (Å²) in [4.78, 5) is 31.4. The number of aromatic nitrogens is 2. The number of nitrogens with one attached hydrogen (secondary N) is 3. The van der Waals surface area contributed by atoms with Crippen molar-refractivity contribution in [3.63, 3.8) is 0 Å². The molecule has 3 rings (SSSR count). The van der Waals surface area contributed by atoms with Crippen molar-refractivity contribution in [1.29, 1.82) is 0 Å². The van der Waals surface area contributed by atoms with Gasteiger partial charge in [0.1, 0.15) is 5.82 Å². The summed E-state index contributed by atoms with van der Waals surface area (Å²) in [6.45, 7) is 1.80.